The minimum Gasteiger partial charge on any atom is -0.355 e. The van der Waals surface area contributed by atoms with Crippen molar-refractivity contribution in [3.05, 3.63) is 71.5 Å². The van der Waals surface area contributed by atoms with Gasteiger partial charge in [0.1, 0.15) is 5.01 Å². The maximum atomic E-state index is 12.3. The molecule has 1 N–H and O–H groups in total. The van der Waals surface area contributed by atoms with Crippen molar-refractivity contribution in [2.24, 2.45) is 5.92 Å². The van der Waals surface area contributed by atoms with Gasteiger partial charge in [-0.05, 0) is 30.0 Å². The van der Waals surface area contributed by atoms with Crippen LogP contribution in [0.5, 0.6) is 0 Å². The summed E-state index contributed by atoms with van der Waals surface area (Å²) in [7, 11) is 0. The van der Waals surface area contributed by atoms with Crippen molar-refractivity contribution >= 4 is 17.2 Å². The second-order valence-electron chi connectivity index (χ2n) is 6.28. The van der Waals surface area contributed by atoms with Crippen molar-refractivity contribution in [3.8, 4) is 10.6 Å². The quantitative estimate of drug-likeness (QED) is 0.739. The minimum atomic E-state index is 0.130. The van der Waals surface area contributed by atoms with Gasteiger partial charge in [0.25, 0.3) is 0 Å². The number of aromatic nitrogens is 2. The first-order valence-corrected chi connectivity index (χ1v) is 9.36. The van der Waals surface area contributed by atoms with E-state index in [1.807, 2.05) is 30.3 Å². The number of pyridine rings is 1. The number of carbonyl (C=O) groups excluding carboxylic acids is 1. The molecule has 2 heterocycles. The average molecular weight is 349 g/mol. The number of nitrogens with zero attached hydrogens (tertiary/aromatic N) is 2. The van der Waals surface area contributed by atoms with Crippen molar-refractivity contribution in [1.82, 2.24) is 15.3 Å². The first-order valence-electron chi connectivity index (χ1n) is 8.49. The fourth-order valence-electron chi connectivity index (χ4n) is 3.05. The highest BCUT2D eigenvalue weighted by Gasteiger charge is 2.43. The highest BCUT2D eigenvalue weighted by molar-refractivity contribution is 7.13. The standard InChI is InChI=1S/C20H19N3OS/c24-19(18-12-17(18)14-4-2-1-3-5-14)22-11-8-16-13-25-20(23-16)15-6-9-21-10-7-15/h1-7,9-10,13,17-18H,8,11-12H2,(H,22,24). The van der Waals surface area contributed by atoms with Gasteiger partial charge in [0.05, 0.1) is 5.69 Å². The van der Waals surface area contributed by atoms with E-state index in [0.29, 0.717) is 12.5 Å². The summed E-state index contributed by atoms with van der Waals surface area (Å²) in [5.41, 5.74) is 3.37. The van der Waals surface area contributed by atoms with Crippen molar-refractivity contribution in [1.29, 1.82) is 0 Å². The summed E-state index contributed by atoms with van der Waals surface area (Å²) in [5.74, 6) is 0.683. The number of thiazole rings is 1. The second kappa shape index (κ2) is 7.15. The zero-order chi connectivity index (χ0) is 17.1. The van der Waals surface area contributed by atoms with E-state index in [2.05, 4.69) is 32.8 Å². The van der Waals surface area contributed by atoms with Gasteiger partial charge in [-0.3, -0.25) is 9.78 Å². The molecule has 4 rings (SSSR count). The molecule has 25 heavy (non-hydrogen) atoms. The number of rotatable bonds is 6. The summed E-state index contributed by atoms with van der Waals surface area (Å²) in [6.07, 6.45) is 5.26. The molecule has 2 atom stereocenters. The van der Waals surface area contributed by atoms with Crippen LogP contribution in [-0.2, 0) is 11.2 Å². The molecular formula is C20H19N3OS. The lowest BCUT2D eigenvalue weighted by Crippen LogP contribution is -2.27. The third-order valence-corrected chi connectivity index (χ3v) is 5.45. The lowest BCUT2D eigenvalue weighted by atomic mass is 10.1. The van der Waals surface area contributed by atoms with Crippen LogP contribution in [0.3, 0.4) is 0 Å². The molecule has 1 aliphatic rings. The van der Waals surface area contributed by atoms with E-state index in [4.69, 9.17) is 0 Å². The van der Waals surface area contributed by atoms with Gasteiger partial charge in [-0.15, -0.1) is 11.3 Å². The molecule has 0 saturated heterocycles. The summed E-state index contributed by atoms with van der Waals surface area (Å²) in [6, 6.07) is 14.2. The molecular weight excluding hydrogens is 330 g/mol. The molecule has 5 heteroatoms. The van der Waals surface area contributed by atoms with Crippen LogP contribution in [0.25, 0.3) is 10.6 Å². The van der Waals surface area contributed by atoms with Gasteiger partial charge in [-0.25, -0.2) is 4.98 Å². The Morgan fingerprint density at radius 1 is 1.16 bits per heavy atom. The normalized spacial score (nSPS) is 18.7. The third-order valence-electron chi connectivity index (χ3n) is 4.51. The summed E-state index contributed by atoms with van der Waals surface area (Å²) in [5, 5.41) is 6.11. The highest BCUT2D eigenvalue weighted by atomic mass is 32.1. The van der Waals surface area contributed by atoms with Gasteiger partial charge >= 0.3 is 0 Å². The van der Waals surface area contributed by atoms with Crippen molar-refractivity contribution in [2.45, 2.75) is 18.8 Å². The van der Waals surface area contributed by atoms with Gasteiger partial charge in [0, 0.05) is 42.2 Å². The van der Waals surface area contributed by atoms with Gasteiger partial charge in [0.2, 0.25) is 5.91 Å². The lowest BCUT2D eigenvalue weighted by molar-refractivity contribution is -0.122. The molecule has 1 aromatic carbocycles. The SMILES string of the molecule is O=C(NCCc1csc(-c2ccncc2)n1)C1CC1c1ccccc1. The molecule has 0 aliphatic heterocycles. The molecule has 1 amide bonds. The Morgan fingerprint density at radius 2 is 1.96 bits per heavy atom. The second-order valence-corrected chi connectivity index (χ2v) is 7.14. The van der Waals surface area contributed by atoms with Crippen LogP contribution in [0.2, 0.25) is 0 Å². The molecule has 126 valence electrons. The van der Waals surface area contributed by atoms with Crippen LogP contribution in [0.1, 0.15) is 23.6 Å². The van der Waals surface area contributed by atoms with E-state index in [9.17, 15) is 4.79 Å². The first-order chi connectivity index (χ1) is 12.3. The number of carbonyl (C=O) groups is 1. The molecule has 1 saturated carbocycles. The van der Waals surface area contributed by atoms with Crippen LogP contribution >= 0.6 is 11.3 Å². The fourth-order valence-corrected chi connectivity index (χ4v) is 3.91. The maximum absolute atomic E-state index is 12.3. The Labute approximate surface area is 151 Å². The van der Waals surface area contributed by atoms with Gasteiger partial charge in [-0.2, -0.15) is 0 Å². The molecule has 0 bridgehead atoms. The monoisotopic (exact) mass is 349 g/mol. The summed E-state index contributed by atoms with van der Waals surface area (Å²) in [6.45, 7) is 0.635. The zero-order valence-electron chi connectivity index (χ0n) is 13.8. The number of hydrogen-bond acceptors (Lipinski definition) is 4. The third kappa shape index (κ3) is 3.77. The highest BCUT2D eigenvalue weighted by Crippen LogP contribution is 2.47. The van der Waals surface area contributed by atoms with Crippen LogP contribution in [0, 0.1) is 5.92 Å². The van der Waals surface area contributed by atoms with Crippen molar-refractivity contribution in [2.75, 3.05) is 6.54 Å². The van der Waals surface area contributed by atoms with Gasteiger partial charge in [0.15, 0.2) is 0 Å². The van der Waals surface area contributed by atoms with Crippen LogP contribution in [0.4, 0.5) is 0 Å². The number of hydrogen-bond donors (Lipinski definition) is 1. The Bertz CT molecular complexity index is 848. The number of benzene rings is 1. The van der Waals surface area contributed by atoms with E-state index in [1.165, 1.54) is 5.56 Å². The smallest absolute Gasteiger partial charge is 0.223 e. The van der Waals surface area contributed by atoms with Crippen LogP contribution in [0.15, 0.2) is 60.2 Å². The minimum absolute atomic E-state index is 0.130. The Morgan fingerprint density at radius 3 is 2.76 bits per heavy atom. The molecule has 1 aliphatic carbocycles. The zero-order valence-corrected chi connectivity index (χ0v) is 14.6. The summed E-state index contributed by atoms with van der Waals surface area (Å²) in [4.78, 5) is 20.9. The molecule has 4 nitrogen and oxygen atoms in total. The van der Waals surface area contributed by atoms with E-state index in [-0.39, 0.29) is 11.8 Å². The predicted octanol–water partition coefficient (Wildman–Crippen LogP) is 3.67. The maximum Gasteiger partial charge on any atom is 0.223 e. The largest absolute Gasteiger partial charge is 0.355 e. The molecule has 0 spiro atoms. The summed E-state index contributed by atoms with van der Waals surface area (Å²) < 4.78 is 0. The molecule has 2 unspecified atom stereocenters. The van der Waals surface area contributed by atoms with E-state index in [1.54, 1.807) is 23.7 Å². The number of nitrogens with one attached hydrogen (secondary N) is 1. The summed E-state index contributed by atoms with van der Waals surface area (Å²) >= 11 is 1.63. The lowest BCUT2D eigenvalue weighted by Gasteiger charge is -2.04. The molecule has 1 fully saturated rings. The molecule has 3 aromatic rings. The first kappa shape index (κ1) is 16.0. The van der Waals surface area contributed by atoms with Crippen LogP contribution in [-0.4, -0.2) is 22.4 Å². The molecule has 2 aromatic heterocycles. The number of amides is 1. The fraction of sp³-hybridized carbons (Fsp3) is 0.250. The van der Waals surface area contributed by atoms with Crippen LogP contribution < -0.4 is 5.32 Å². The predicted molar refractivity (Wildman–Crippen MR) is 99.3 cm³/mol. The van der Waals surface area contributed by atoms with E-state index >= 15 is 0 Å². The van der Waals surface area contributed by atoms with Crippen molar-refractivity contribution < 1.29 is 4.79 Å². The molecule has 0 radical (unpaired) electrons. The van der Waals surface area contributed by atoms with E-state index in [0.717, 1.165) is 29.1 Å². The Hall–Kier alpha value is -2.53. The Kier molecular flexibility index (Phi) is 4.57. The average Bonchev–Trinajstić information content (AvgIpc) is 3.34. The van der Waals surface area contributed by atoms with Crippen molar-refractivity contribution in [3.63, 3.8) is 0 Å². The Balaban J connectivity index is 1.26. The van der Waals surface area contributed by atoms with Gasteiger partial charge in [-0.1, -0.05) is 30.3 Å². The van der Waals surface area contributed by atoms with Gasteiger partial charge < -0.3 is 5.32 Å². The topological polar surface area (TPSA) is 54.9 Å². The van der Waals surface area contributed by atoms with E-state index < -0.39 is 0 Å².